The van der Waals surface area contributed by atoms with Gasteiger partial charge in [-0.15, -0.1) is 0 Å². The maximum atomic E-state index is 10.9. The molecule has 0 amide bonds. The Labute approximate surface area is 89.8 Å². The summed E-state index contributed by atoms with van der Waals surface area (Å²) in [5.41, 5.74) is 6.26. The standard InChI is InChI=1S/C10H15NO3Si/c1-15(2,3)14-9-6-7(11)4-5-8(9)10(12)13/h4-6H,11H2,1-3H3,(H,12,13). The third-order valence-corrected chi connectivity index (χ3v) is 2.48. The van der Waals surface area contributed by atoms with Gasteiger partial charge in [0.15, 0.2) is 0 Å². The highest BCUT2D eigenvalue weighted by Crippen LogP contribution is 2.24. The summed E-state index contributed by atoms with van der Waals surface area (Å²) < 4.78 is 5.65. The molecule has 0 spiro atoms. The van der Waals surface area contributed by atoms with Crippen LogP contribution in [0.3, 0.4) is 0 Å². The molecule has 0 aliphatic carbocycles. The van der Waals surface area contributed by atoms with Crippen LogP contribution < -0.4 is 10.2 Å². The van der Waals surface area contributed by atoms with E-state index in [1.807, 2.05) is 19.6 Å². The van der Waals surface area contributed by atoms with Crippen molar-refractivity contribution in [2.45, 2.75) is 19.6 Å². The molecule has 0 heterocycles. The molecule has 0 fully saturated rings. The topological polar surface area (TPSA) is 72.5 Å². The van der Waals surface area contributed by atoms with Gasteiger partial charge in [-0.3, -0.25) is 0 Å². The lowest BCUT2D eigenvalue weighted by Gasteiger charge is -2.20. The molecule has 1 aromatic rings. The minimum absolute atomic E-state index is 0.159. The van der Waals surface area contributed by atoms with Crippen LogP contribution in [0.2, 0.25) is 19.6 Å². The fourth-order valence-corrected chi connectivity index (χ4v) is 1.96. The fourth-order valence-electron chi connectivity index (χ4n) is 1.13. The van der Waals surface area contributed by atoms with E-state index in [0.29, 0.717) is 11.4 Å². The Hall–Kier alpha value is -1.49. The molecule has 0 aromatic heterocycles. The monoisotopic (exact) mass is 225 g/mol. The summed E-state index contributed by atoms with van der Waals surface area (Å²) in [5, 5.41) is 8.95. The molecule has 0 saturated heterocycles. The molecular formula is C10H15NO3Si. The zero-order valence-electron chi connectivity index (χ0n) is 9.07. The smallest absolute Gasteiger partial charge is 0.339 e. The van der Waals surface area contributed by atoms with Crippen LogP contribution in [0.25, 0.3) is 0 Å². The van der Waals surface area contributed by atoms with Crippen LogP contribution in [-0.2, 0) is 0 Å². The number of hydrogen-bond acceptors (Lipinski definition) is 3. The van der Waals surface area contributed by atoms with Gasteiger partial charge in [-0.2, -0.15) is 0 Å². The number of carbonyl (C=O) groups is 1. The minimum Gasteiger partial charge on any atom is -0.544 e. The van der Waals surface area contributed by atoms with E-state index in [1.165, 1.54) is 6.07 Å². The lowest BCUT2D eigenvalue weighted by Crippen LogP contribution is -2.30. The number of carboxylic acid groups (broad SMARTS) is 1. The van der Waals surface area contributed by atoms with Crippen molar-refractivity contribution in [1.82, 2.24) is 0 Å². The number of rotatable bonds is 3. The first-order chi connectivity index (χ1) is 6.79. The highest BCUT2D eigenvalue weighted by molar-refractivity contribution is 6.70. The van der Waals surface area contributed by atoms with Crippen LogP contribution in [0.15, 0.2) is 18.2 Å². The molecule has 1 rings (SSSR count). The molecule has 1 aromatic carbocycles. The highest BCUT2D eigenvalue weighted by Gasteiger charge is 2.20. The first kappa shape index (κ1) is 11.6. The SMILES string of the molecule is C[Si](C)(C)Oc1cc(N)ccc1C(=O)O. The quantitative estimate of drug-likeness (QED) is 0.611. The summed E-state index contributed by atoms with van der Waals surface area (Å²) in [5.74, 6) is -0.634. The second-order valence-electron chi connectivity index (χ2n) is 4.28. The maximum absolute atomic E-state index is 10.9. The second-order valence-corrected chi connectivity index (χ2v) is 8.70. The summed E-state index contributed by atoms with van der Waals surface area (Å²) in [6.07, 6.45) is 0. The van der Waals surface area contributed by atoms with E-state index in [0.717, 1.165) is 0 Å². The van der Waals surface area contributed by atoms with E-state index in [9.17, 15) is 4.79 Å². The predicted molar refractivity (Wildman–Crippen MR) is 61.8 cm³/mol. The Balaban J connectivity index is 3.13. The van der Waals surface area contributed by atoms with Gasteiger partial charge in [-0.1, -0.05) is 0 Å². The Bertz CT molecular complexity index is 385. The van der Waals surface area contributed by atoms with Crippen molar-refractivity contribution in [1.29, 1.82) is 0 Å². The van der Waals surface area contributed by atoms with Gasteiger partial charge in [-0.25, -0.2) is 4.79 Å². The summed E-state index contributed by atoms with van der Waals surface area (Å²) >= 11 is 0. The largest absolute Gasteiger partial charge is 0.544 e. The van der Waals surface area contributed by atoms with Crippen LogP contribution in [0.4, 0.5) is 5.69 Å². The summed E-state index contributed by atoms with van der Waals surface area (Å²) in [6, 6.07) is 4.58. The average Bonchev–Trinajstić information content (AvgIpc) is 1.99. The maximum Gasteiger partial charge on any atom is 0.339 e. The Kier molecular flexibility index (Phi) is 3.04. The average molecular weight is 225 g/mol. The Morgan fingerprint density at radius 3 is 2.47 bits per heavy atom. The van der Waals surface area contributed by atoms with Crippen molar-refractivity contribution in [2.24, 2.45) is 0 Å². The zero-order valence-corrected chi connectivity index (χ0v) is 10.1. The molecule has 0 aliphatic heterocycles. The van der Waals surface area contributed by atoms with Crippen molar-refractivity contribution < 1.29 is 14.3 Å². The summed E-state index contributed by atoms with van der Waals surface area (Å²) in [7, 11) is -1.82. The number of aromatic carboxylic acids is 1. The molecule has 5 heteroatoms. The Morgan fingerprint density at radius 2 is 2.00 bits per heavy atom. The van der Waals surface area contributed by atoms with E-state index < -0.39 is 14.3 Å². The molecule has 0 aliphatic rings. The van der Waals surface area contributed by atoms with Crippen molar-refractivity contribution in [3.8, 4) is 5.75 Å². The molecule has 0 unspecified atom stereocenters. The molecule has 15 heavy (non-hydrogen) atoms. The van der Waals surface area contributed by atoms with Crippen LogP contribution in [0.1, 0.15) is 10.4 Å². The number of benzene rings is 1. The molecule has 0 atom stereocenters. The van der Waals surface area contributed by atoms with Gasteiger partial charge in [0.2, 0.25) is 8.32 Å². The summed E-state index contributed by atoms with van der Waals surface area (Å²) in [4.78, 5) is 10.9. The first-order valence-corrected chi connectivity index (χ1v) is 8.02. The van der Waals surface area contributed by atoms with Gasteiger partial charge in [0, 0.05) is 11.8 Å². The lowest BCUT2D eigenvalue weighted by atomic mass is 10.2. The van der Waals surface area contributed by atoms with Gasteiger partial charge in [0.05, 0.1) is 0 Å². The van der Waals surface area contributed by atoms with Gasteiger partial charge < -0.3 is 15.3 Å². The number of anilines is 1. The van der Waals surface area contributed by atoms with Crippen molar-refractivity contribution in [3.63, 3.8) is 0 Å². The van der Waals surface area contributed by atoms with Crippen molar-refractivity contribution in [3.05, 3.63) is 23.8 Å². The fraction of sp³-hybridized carbons (Fsp3) is 0.300. The van der Waals surface area contributed by atoms with Crippen LogP contribution in [0.5, 0.6) is 5.75 Å². The van der Waals surface area contributed by atoms with Gasteiger partial charge in [0.25, 0.3) is 0 Å². The van der Waals surface area contributed by atoms with Crippen LogP contribution >= 0.6 is 0 Å². The third-order valence-electron chi connectivity index (χ3n) is 1.65. The minimum atomic E-state index is -1.82. The molecule has 4 nitrogen and oxygen atoms in total. The molecular weight excluding hydrogens is 210 g/mol. The van der Waals surface area contributed by atoms with Crippen LogP contribution in [0, 0.1) is 0 Å². The second kappa shape index (κ2) is 3.94. The lowest BCUT2D eigenvalue weighted by molar-refractivity contribution is 0.0695. The molecule has 3 N–H and O–H groups in total. The predicted octanol–water partition coefficient (Wildman–Crippen LogP) is 2.18. The van der Waals surface area contributed by atoms with E-state index >= 15 is 0 Å². The van der Waals surface area contributed by atoms with E-state index in [2.05, 4.69) is 0 Å². The normalized spacial score (nSPS) is 11.1. The van der Waals surface area contributed by atoms with Gasteiger partial charge >= 0.3 is 5.97 Å². The van der Waals surface area contributed by atoms with Crippen molar-refractivity contribution >= 4 is 20.0 Å². The van der Waals surface area contributed by atoms with Gasteiger partial charge in [0.1, 0.15) is 11.3 Å². The van der Waals surface area contributed by atoms with E-state index in [1.54, 1.807) is 12.1 Å². The van der Waals surface area contributed by atoms with Crippen LogP contribution in [-0.4, -0.2) is 19.4 Å². The zero-order chi connectivity index (χ0) is 11.6. The van der Waals surface area contributed by atoms with E-state index in [4.69, 9.17) is 15.3 Å². The number of nitrogen functional groups attached to an aromatic ring is 1. The number of carboxylic acids is 1. The van der Waals surface area contributed by atoms with E-state index in [-0.39, 0.29) is 5.56 Å². The Morgan fingerprint density at radius 1 is 1.40 bits per heavy atom. The van der Waals surface area contributed by atoms with Gasteiger partial charge in [-0.05, 0) is 31.8 Å². The highest BCUT2D eigenvalue weighted by atomic mass is 28.4. The van der Waals surface area contributed by atoms with Crippen molar-refractivity contribution in [2.75, 3.05) is 5.73 Å². The number of hydrogen-bond donors (Lipinski definition) is 2. The first-order valence-electron chi connectivity index (χ1n) is 4.61. The molecule has 0 bridgehead atoms. The third kappa shape index (κ3) is 3.28. The number of nitrogens with two attached hydrogens (primary N) is 1. The molecule has 82 valence electrons. The summed E-state index contributed by atoms with van der Waals surface area (Å²) in [6.45, 7) is 5.96. The molecule has 0 radical (unpaired) electrons. The molecule has 0 saturated carbocycles.